The van der Waals surface area contributed by atoms with Crippen molar-refractivity contribution in [3.8, 4) is 0 Å². The lowest BCUT2D eigenvalue weighted by Gasteiger charge is -2.19. The largest absolute Gasteiger partial charge is 0.397 e. The fourth-order valence-corrected chi connectivity index (χ4v) is 2.46. The highest BCUT2D eigenvalue weighted by Crippen LogP contribution is 2.19. The summed E-state index contributed by atoms with van der Waals surface area (Å²) in [4.78, 5) is 6.66. The van der Waals surface area contributed by atoms with Gasteiger partial charge >= 0.3 is 0 Å². The minimum absolute atomic E-state index is 0.108. The minimum Gasteiger partial charge on any atom is -0.397 e. The molecule has 1 aromatic carbocycles. The highest BCUT2D eigenvalue weighted by molar-refractivity contribution is 5.82. The Morgan fingerprint density at radius 3 is 2.48 bits per heavy atom. The lowest BCUT2D eigenvalue weighted by Crippen LogP contribution is -2.31. The SMILES string of the molecule is Nc1cc2ccccc2nc1CCCN(CCO)CCO. The number of nitrogens with zero attached hydrogens (tertiary/aromatic N) is 2. The third kappa shape index (κ3) is 4.39. The highest BCUT2D eigenvalue weighted by Gasteiger charge is 2.07. The van der Waals surface area contributed by atoms with E-state index in [-0.39, 0.29) is 13.2 Å². The number of anilines is 1. The predicted octanol–water partition coefficient (Wildman–Crippen LogP) is 1.04. The second-order valence-corrected chi connectivity index (χ2v) is 5.11. The van der Waals surface area contributed by atoms with Crippen molar-refractivity contribution < 1.29 is 10.2 Å². The van der Waals surface area contributed by atoms with Crippen molar-refractivity contribution >= 4 is 16.6 Å². The van der Waals surface area contributed by atoms with Gasteiger partial charge in [0, 0.05) is 18.5 Å². The fourth-order valence-electron chi connectivity index (χ4n) is 2.46. The van der Waals surface area contributed by atoms with Gasteiger partial charge in [-0.15, -0.1) is 0 Å². The van der Waals surface area contributed by atoms with E-state index < -0.39 is 0 Å². The number of hydrogen-bond acceptors (Lipinski definition) is 5. The number of benzene rings is 1. The third-order valence-corrected chi connectivity index (χ3v) is 3.56. The molecule has 21 heavy (non-hydrogen) atoms. The molecule has 0 unspecified atom stereocenters. The molecule has 1 heterocycles. The Morgan fingerprint density at radius 1 is 1.05 bits per heavy atom. The Hall–Kier alpha value is -1.69. The molecule has 0 fully saturated rings. The number of aliphatic hydroxyl groups is 2. The number of nitrogens with two attached hydrogens (primary N) is 1. The van der Waals surface area contributed by atoms with E-state index in [2.05, 4.69) is 4.98 Å². The van der Waals surface area contributed by atoms with Crippen LogP contribution in [0.3, 0.4) is 0 Å². The van der Waals surface area contributed by atoms with E-state index in [0.717, 1.165) is 41.7 Å². The Balaban J connectivity index is 1.97. The van der Waals surface area contributed by atoms with Crippen molar-refractivity contribution in [2.24, 2.45) is 0 Å². The van der Waals surface area contributed by atoms with Crippen LogP contribution in [0.15, 0.2) is 30.3 Å². The zero-order valence-electron chi connectivity index (χ0n) is 12.2. The van der Waals surface area contributed by atoms with Gasteiger partial charge in [0.05, 0.1) is 30.1 Å². The van der Waals surface area contributed by atoms with Gasteiger partial charge in [0.25, 0.3) is 0 Å². The van der Waals surface area contributed by atoms with Crippen LogP contribution in [0.5, 0.6) is 0 Å². The molecule has 0 bridgehead atoms. The molecule has 4 N–H and O–H groups in total. The van der Waals surface area contributed by atoms with Crippen LogP contribution in [-0.2, 0) is 6.42 Å². The van der Waals surface area contributed by atoms with Gasteiger partial charge in [0.15, 0.2) is 0 Å². The molecular formula is C16H23N3O2. The summed E-state index contributed by atoms with van der Waals surface area (Å²) in [6.45, 7) is 2.20. The van der Waals surface area contributed by atoms with Crippen molar-refractivity contribution in [1.29, 1.82) is 0 Å². The zero-order valence-corrected chi connectivity index (χ0v) is 12.2. The number of aliphatic hydroxyl groups excluding tert-OH is 2. The highest BCUT2D eigenvalue weighted by atomic mass is 16.3. The first-order valence-corrected chi connectivity index (χ1v) is 7.33. The topological polar surface area (TPSA) is 82.6 Å². The average Bonchev–Trinajstić information content (AvgIpc) is 2.48. The lowest BCUT2D eigenvalue weighted by atomic mass is 10.1. The number of pyridine rings is 1. The quantitative estimate of drug-likeness (QED) is 0.676. The van der Waals surface area contributed by atoms with Crippen LogP contribution in [0, 0.1) is 0 Å². The van der Waals surface area contributed by atoms with E-state index >= 15 is 0 Å². The second kappa shape index (κ2) is 7.93. The Kier molecular flexibility index (Phi) is 5.92. The molecule has 0 aliphatic carbocycles. The van der Waals surface area contributed by atoms with Gasteiger partial charge in [-0.3, -0.25) is 9.88 Å². The molecule has 2 aromatic rings. The first-order chi connectivity index (χ1) is 10.2. The summed E-state index contributed by atoms with van der Waals surface area (Å²) in [6.07, 6.45) is 1.69. The van der Waals surface area contributed by atoms with Crippen molar-refractivity contribution in [3.05, 3.63) is 36.0 Å². The van der Waals surface area contributed by atoms with E-state index in [1.807, 2.05) is 35.2 Å². The van der Waals surface area contributed by atoms with E-state index in [4.69, 9.17) is 15.9 Å². The molecule has 2 rings (SSSR count). The van der Waals surface area contributed by atoms with Gasteiger partial charge in [-0.25, -0.2) is 0 Å². The number of aromatic nitrogens is 1. The molecule has 0 amide bonds. The van der Waals surface area contributed by atoms with Crippen LogP contribution in [-0.4, -0.2) is 52.9 Å². The first kappa shape index (κ1) is 15.7. The summed E-state index contributed by atoms with van der Waals surface area (Å²) in [6, 6.07) is 9.91. The summed E-state index contributed by atoms with van der Waals surface area (Å²) >= 11 is 0. The number of hydrogen-bond donors (Lipinski definition) is 3. The van der Waals surface area contributed by atoms with Gasteiger partial charge in [-0.05, 0) is 31.5 Å². The maximum atomic E-state index is 8.99. The minimum atomic E-state index is 0.108. The molecule has 0 saturated heterocycles. The Morgan fingerprint density at radius 2 is 1.76 bits per heavy atom. The second-order valence-electron chi connectivity index (χ2n) is 5.11. The summed E-state index contributed by atoms with van der Waals surface area (Å²) in [7, 11) is 0. The summed E-state index contributed by atoms with van der Waals surface area (Å²) in [5, 5.41) is 19.0. The van der Waals surface area contributed by atoms with Crippen LogP contribution in [0.1, 0.15) is 12.1 Å². The molecule has 1 aromatic heterocycles. The van der Waals surface area contributed by atoms with Crippen LogP contribution in [0.4, 0.5) is 5.69 Å². The molecule has 0 radical (unpaired) electrons. The standard InChI is InChI=1S/C16H23N3O2/c17-14-12-13-4-1-2-5-15(13)18-16(14)6-3-7-19(8-10-20)9-11-21/h1-2,4-5,12,20-21H,3,6-11,17H2. The van der Waals surface area contributed by atoms with E-state index in [0.29, 0.717) is 13.1 Å². The van der Waals surface area contributed by atoms with Gasteiger partial charge in [0.1, 0.15) is 0 Å². The average molecular weight is 289 g/mol. The van der Waals surface area contributed by atoms with Crippen molar-refractivity contribution in [2.45, 2.75) is 12.8 Å². The van der Waals surface area contributed by atoms with Crippen molar-refractivity contribution in [1.82, 2.24) is 9.88 Å². The molecule has 0 spiro atoms. The maximum Gasteiger partial charge on any atom is 0.0706 e. The van der Waals surface area contributed by atoms with Gasteiger partial charge in [-0.2, -0.15) is 0 Å². The van der Waals surface area contributed by atoms with E-state index in [9.17, 15) is 0 Å². The van der Waals surface area contributed by atoms with Crippen LogP contribution >= 0.6 is 0 Å². The number of nitrogen functional groups attached to an aromatic ring is 1. The Labute approximate surface area is 125 Å². The summed E-state index contributed by atoms with van der Waals surface area (Å²) < 4.78 is 0. The van der Waals surface area contributed by atoms with E-state index in [1.165, 1.54) is 0 Å². The molecule has 114 valence electrons. The van der Waals surface area contributed by atoms with Gasteiger partial charge in [0.2, 0.25) is 0 Å². The van der Waals surface area contributed by atoms with Crippen molar-refractivity contribution in [2.75, 3.05) is 38.6 Å². The van der Waals surface area contributed by atoms with E-state index in [1.54, 1.807) is 0 Å². The molecule has 0 saturated carbocycles. The van der Waals surface area contributed by atoms with Crippen LogP contribution in [0.2, 0.25) is 0 Å². The smallest absolute Gasteiger partial charge is 0.0706 e. The molecule has 0 aliphatic rings. The number of aryl methyl sites for hydroxylation is 1. The number of para-hydroxylation sites is 1. The monoisotopic (exact) mass is 289 g/mol. The Bertz CT molecular complexity index is 568. The molecule has 0 atom stereocenters. The van der Waals surface area contributed by atoms with Gasteiger partial charge < -0.3 is 15.9 Å². The maximum absolute atomic E-state index is 8.99. The first-order valence-electron chi connectivity index (χ1n) is 7.33. The van der Waals surface area contributed by atoms with Gasteiger partial charge in [-0.1, -0.05) is 18.2 Å². The molecule has 5 nitrogen and oxygen atoms in total. The van der Waals surface area contributed by atoms with Crippen molar-refractivity contribution in [3.63, 3.8) is 0 Å². The molecule has 0 aliphatic heterocycles. The lowest BCUT2D eigenvalue weighted by molar-refractivity contribution is 0.160. The molecular weight excluding hydrogens is 266 g/mol. The normalized spacial score (nSPS) is 11.4. The van der Waals surface area contributed by atoms with Crippen LogP contribution in [0.25, 0.3) is 10.9 Å². The van der Waals surface area contributed by atoms with Crippen LogP contribution < -0.4 is 5.73 Å². The number of fused-ring (bicyclic) bond motifs is 1. The fraction of sp³-hybridized carbons (Fsp3) is 0.438. The zero-order chi connectivity index (χ0) is 15.1. The number of rotatable bonds is 8. The summed E-state index contributed by atoms with van der Waals surface area (Å²) in [5.41, 5.74) is 8.67. The molecule has 5 heteroatoms. The third-order valence-electron chi connectivity index (χ3n) is 3.56. The summed E-state index contributed by atoms with van der Waals surface area (Å²) in [5.74, 6) is 0. The predicted molar refractivity (Wildman–Crippen MR) is 85.1 cm³/mol.